The molecule has 2 heterocycles. The molecule has 1 amide bonds. The lowest BCUT2D eigenvalue weighted by molar-refractivity contribution is -0.120. The number of amides is 1. The first-order valence-electron chi connectivity index (χ1n) is 12.6. The van der Waals surface area contributed by atoms with E-state index in [1.54, 1.807) is 17.0 Å². The zero-order valence-electron chi connectivity index (χ0n) is 20.4. The van der Waals surface area contributed by atoms with E-state index in [2.05, 4.69) is 18.7 Å². The first-order valence-corrected chi connectivity index (χ1v) is 12.6. The molecule has 0 saturated carbocycles. The maximum Gasteiger partial charge on any atom is 0.234 e. The number of carbonyl (C=O) groups excluding carboxylic acids is 1. The summed E-state index contributed by atoms with van der Waals surface area (Å²) < 4.78 is 14.1. The maximum absolute atomic E-state index is 14.1. The van der Waals surface area contributed by atoms with Gasteiger partial charge in [-0.3, -0.25) is 15.1 Å². The highest BCUT2D eigenvalue weighted by Gasteiger charge is 2.34. The number of nitrogens with one attached hydrogen (secondary N) is 1. The molecule has 6 heteroatoms. The average Bonchev–Trinajstić information content (AvgIpc) is 2.81. The molecule has 1 unspecified atom stereocenters. The SMILES string of the molecule is C[C@@H]1CCC[C@H](C)N1CCCCCN1C(=O)C(c2cccc(C(=N)N)c2)Cc2ccc(F)cc21. The molecule has 3 N–H and O–H groups in total. The second-order valence-corrected chi connectivity index (χ2v) is 9.99. The number of unbranched alkanes of at least 4 members (excludes halogenated alkanes) is 2. The van der Waals surface area contributed by atoms with Crippen molar-refractivity contribution in [3.05, 3.63) is 65.0 Å². The van der Waals surface area contributed by atoms with Gasteiger partial charge in [-0.25, -0.2) is 4.39 Å². The van der Waals surface area contributed by atoms with Gasteiger partial charge in [-0.05, 0) is 81.8 Å². The quantitative estimate of drug-likeness (QED) is 0.320. The lowest BCUT2D eigenvalue weighted by Gasteiger charge is -2.39. The summed E-state index contributed by atoms with van der Waals surface area (Å²) in [5.41, 5.74) is 8.82. The summed E-state index contributed by atoms with van der Waals surface area (Å²) in [6, 6.07) is 13.4. The molecule has 182 valence electrons. The Kier molecular flexibility index (Phi) is 7.67. The zero-order chi connectivity index (χ0) is 24.2. The minimum Gasteiger partial charge on any atom is -0.384 e. The number of nitrogens with zero attached hydrogens (tertiary/aromatic N) is 2. The number of fused-ring (bicyclic) bond motifs is 1. The van der Waals surface area contributed by atoms with E-state index < -0.39 is 0 Å². The molecule has 0 aliphatic carbocycles. The van der Waals surface area contributed by atoms with E-state index in [4.69, 9.17) is 11.1 Å². The van der Waals surface area contributed by atoms with Crippen molar-refractivity contribution in [1.82, 2.24) is 4.90 Å². The number of carbonyl (C=O) groups is 1. The molecule has 0 bridgehead atoms. The van der Waals surface area contributed by atoms with Crippen molar-refractivity contribution in [2.75, 3.05) is 18.0 Å². The number of rotatable bonds is 8. The Bertz CT molecular complexity index is 1030. The highest BCUT2D eigenvalue weighted by atomic mass is 19.1. The van der Waals surface area contributed by atoms with Crippen molar-refractivity contribution in [2.45, 2.75) is 76.8 Å². The molecule has 4 rings (SSSR count). The number of piperidine rings is 1. The van der Waals surface area contributed by atoms with E-state index in [1.165, 1.54) is 31.4 Å². The van der Waals surface area contributed by atoms with Gasteiger partial charge in [0.2, 0.25) is 5.91 Å². The summed E-state index contributed by atoms with van der Waals surface area (Å²) in [6.45, 7) is 6.34. The summed E-state index contributed by atoms with van der Waals surface area (Å²) in [5.74, 6) is -0.687. The molecule has 34 heavy (non-hydrogen) atoms. The molecule has 0 radical (unpaired) electrons. The highest BCUT2D eigenvalue weighted by molar-refractivity contribution is 6.02. The molecule has 5 nitrogen and oxygen atoms in total. The fourth-order valence-electron chi connectivity index (χ4n) is 5.65. The van der Waals surface area contributed by atoms with Gasteiger partial charge in [0, 0.05) is 29.9 Å². The molecular formula is C28H37FN4O. The van der Waals surface area contributed by atoms with Crippen LogP contribution in [0, 0.1) is 11.2 Å². The summed E-state index contributed by atoms with van der Waals surface area (Å²) in [4.78, 5) is 18.0. The van der Waals surface area contributed by atoms with Crippen LogP contribution in [-0.4, -0.2) is 41.8 Å². The highest BCUT2D eigenvalue weighted by Crippen LogP contribution is 2.36. The second kappa shape index (κ2) is 10.7. The molecule has 3 atom stereocenters. The molecule has 0 aromatic heterocycles. The van der Waals surface area contributed by atoms with Crippen molar-refractivity contribution in [2.24, 2.45) is 5.73 Å². The first kappa shape index (κ1) is 24.4. The number of halogens is 1. The standard InChI is InChI=1S/C28H37FN4O/c1-19-8-6-9-20(2)32(19)14-4-3-5-15-33-26-18-24(29)13-12-22(26)17-25(28(33)34)21-10-7-11-23(16-21)27(30)31/h7,10-13,16,18-20,25H,3-6,8-9,14-15,17H2,1-2H3,(H3,30,31)/t19-,20+,25?. The monoisotopic (exact) mass is 464 g/mol. The Morgan fingerprint density at radius 3 is 2.53 bits per heavy atom. The van der Waals surface area contributed by atoms with Crippen LogP contribution in [0.2, 0.25) is 0 Å². The van der Waals surface area contributed by atoms with Crippen LogP contribution in [0.25, 0.3) is 0 Å². The van der Waals surface area contributed by atoms with Gasteiger partial charge in [-0.2, -0.15) is 0 Å². The smallest absolute Gasteiger partial charge is 0.234 e. The third-order valence-corrected chi connectivity index (χ3v) is 7.60. The molecule has 2 aromatic rings. The number of hydrogen-bond acceptors (Lipinski definition) is 3. The lowest BCUT2D eigenvalue weighted by atomic mass is 9.85. The van der Waals surface area contributed by atoms with E-state index in [0.717, 1.165) is 36.9 Å². The average molecular weight is 465 g/mol. The van der Waals surface area contributed by atoms with Crippen molar-refractivity contribution in [1.29, 1.82) is 5.41 Å². The summed E-state index contributed by atoms with van der Waals surface area (Å²) in [7, 11) is 0. The number of anilines is 1. The molecule has 1 fully saturated rings. The minimum atomic E-state index is -0.354. The number of likely N-dealkylation sites (tertiary alicyclic amines) is 1. The number of benzene rings is 2. The van der Waals surface area contributed by atoms with Crippen molar-refractivity contribution in [3.8, 4) is 0 Å². The molecule has 2 aliphatic rings. The Morgan fingerprint density at radius 2 is 1.79 bits per heavy atom. The number of nitrogens with two attached hydrogens (primary N) is 1. The first-order chi connectivity index (χ1) is 16.3. The largest absolute Gasteiger partial charge is 0.384 e. The van der Waals surface area contributed by atoms with Crippen LogP contribution in [0.4, 0.5) is 10.1 Å². The maximum atomic E-state index is 14.1. The van der Waals surface area contributed by atoms with Crippen LogP contribution in [0.15, 0.2) is 42.5 Å². The van der Waals surface area contributed by atoms with E-state index in [9.17, 15) is 9.18 Å². The Labute approximate surface area is 202 Å². The van der Waals surface area contributed by atoms with Crippen LogP contribution in [0.5, 0.6) is 0 Å². The lowest BCUT2D eigenvalue weighted by Crippen LogP contribution is -2.44. The summed E-state index contributed by atoms with van der Waals surface area (Å²) in [6.07, 6.45) is 7.44. The van der Waals surface area contributed by atoms with Crippen LogP contribution in [-0.2, 0) is 11.2 Å². The second-order valence-electron chi connectivity index (χ2n) is 9.99. The normalized spacial score (nSPS) is 23.1. The van der Waals surface area contributed by atoms with Crippen LogP contribution < -0.4 is 10.6 Å². The molecule has 2 aliphatic heterocycles. The fraction of sp³-hybridized carbons (Fsp3) is 0.500. The number of nitrogen functional groups attached to an aromatic ring is 1. The topological polar surface area (TPSA) is 73.4 Å². The van der Waals surface area contributed by atoms with Gasteiger partial charge in [0.25, 0.3) is 0 Å². The van der Waals surface area contributed by atoms with Crippen molar-refractivity contribution < 1.29 is 9.18 Å². The van der Waals surface area contributed by atoms with Gasteiger partial charge in [0.15, 0.2) is 0 Å². The van der Waals surface area contributed by atoms with Gasteiger partial charge in [0.1, 0.15) is 11.7 Å². The molecular weight excluding hydrogens is 427 g/mol. The van der Waals surface area contributed by atoms with Gasteiger partial charge in [-0.15, -0.1) is 0 Å². The van der Waals surface area contributed by atoms with E-state index in [0.29, 0.717) is 36.3 Å². The number of hydrogen-bond donors (Lipinski definition) is 2. The van der Waals surface area contributed by atoms with Gasteiger partial charge < -0.3 is 10.6 Å². The zero-order valence-corrected chi connectivity index (χ0v) is 20.4. The Hall–Kier alpha value is -2.73. The number of amidine groups is 1. The van der Waals surface area contributed by atoms with Gasteiger partial charge >= 0.3 is 0 Å². The summed E-state index contributed by atoms with van der Waals surface area (Å²) >= 11 is 0. The van der Waals surface area contributed by atoms with E-state index >= 15 is 0 Å². The van der Waals surface area contributed by atoms with E-state index in [-0.39, 0.29) is 23.5 Å². The van der Waals surface area contributed by atoms with Gasteiger partial charge in [0.05, 0.1) is 5.92 Å². The Morgan fingerprint density at radius 1 is 1.06 bits per heavy atom. The fourth-order valence-corrected chi connectivity index (χ4v) is 5.65. The predicted octanol–water partition coefficient (Wildman–Crippen LogP) is 5.22. The van der Waals surface area contributed by atoms with Crippen LogP contribution >= 0.6 is 0 Å². The van der Waals surface area contributed by atoms with Crippen molar-refractivity contribution in [3.63, 3.8) is 0 Å². The third-order valence-electron chi connectivity index (χ3n) is 7.60. The third kappa shape index (κ3) is 5.33. The van der Waals surface area contributed by atoms with Gasteiger partial charge in [-0.1, -0.05) is 37.1 Å². The summed E-state index contributed by atoms with van der Waals surface area (Å²) in [5, 5.41) is 7.74. The molecule has 2 aromatic carbocycles. The van der Waals surface area contributed by atoms with Crippen LogP contribution in [0.3, 0.4) is 0 Å². The van der Waals surface area contributed by atoms with Crippen molar-refractivity contribution >= 4 is 17.4 Å². The Balaban J connectivity index is 1.45. The van der Waals surface area contributed by atoms with E-state index in [1.807, 2.05) is 18.2 Å². The molecule has 1 saturated heterocycles. The molecule has 0 spiro atoms. The predicted molar refractivity (Wildman–Crippen MR) is 136 cm³/mol. The van der Waals surface area contributed by atoms with Crippen LogP contribution in [0.1, 0.15) is 75.0 Å². The minimum absolute atomic E-state index is 0.00271.